The largest absolute Gasteiger partial charge is 0.396 e. The topological polar surface area (TPSA) is 61.4 Å². The van der Waals surface area contributed by atoms with Crippen molar-refractivity contribution in [3.8, 4) is 0 Å². The normalized spacial score (nSPS) is 38.4. The van der Waals surface area contributed by atoms with Crippen LogP contribution < -0.4 is 10.6 Å². The molecule has 108 valence electrons. The molecule has 0 aromatic carbocycles. The molecule has 3 N–H and O–H groups in total. The molecule has 3 rings (SSSR count). The van der Waals surface area contributed by atoms with Crippen LogP contribution in [0, 0.1) is 17.8 Å². The highest BCUT2D eigenvalue weighted by atomic mass is 16.3. The van der Waals surface area contributed by atoms with Gasteiger partial charge >= 0.3 is 6.03 Å². The summed E-state index contributed by atoms with van der Waals surface area (Å²) in [5, 5.41) is 15.8. The van der Waals surface area contributed by atoms with Gasteiger partial charge in [0.15, 0.2) is 0 Å². The van der Waals surface area contributed by atoms with Gasteiger partial charge in [-0.15, -0.1) is 0 Å². The molecule has 2 amide bonds. The summed E-state index contributed by atoms with van der Waals surface area (Å²) >= 11 is 0. The van der Waals surface area contributed by atoms with Gasteiger partial charge in [-0.2, -0.15) is 0 Å². The van der Waals surface area contributed by atoms with Gasteiger partial charge in [-0.1, -0.05) is 19.3 Å². The summed E-state index contributed by atoms with van der Waals surface area (Å²) in [7, 11) is 0. The molecule has 3 aliphatic carbocycles. The fourth-order valence-corrected chi connectivity index (χ4v) is 4.52. The van der Waals surface area contributed by atoms with E-state index in [4.69, 9.17) is 0 Å². The van der Waals surface area contributed by atoms with Crippen LogP contribution in [0.15, 0.2) is 0 Å². The third-order valence-corrected chi connectivity index (χ3v) is 5.54. The molecular formula is C15H26N2O2. The number of aliphatic hydroxyl groups is 1. The van der Waals surface area contributed by atoms with Gasteiger partial charge in [0.2, 0.25) is 0 Å². The Bertz CT molecular complexity index is 328. The Morgan fingerprint density at radius 3 is 2.47 bits per heavy atom. The zero-order chi connectivity index (χ0) is 13.2. The van der Waals surface area contributed by atoms with Crippen LogP contribution in [0.3, 0.4) is 0 Å². The van der Waals surface area contributed by atoms with E-state index in [1.165, 1.54) is 38.5 Å². The van der Waals surface area contributed by atoms with Crippen molar-refractivity contribution < 1.29 is 9.90 Å². The van der Waals surface area contributed by atoms with Crippen molar-refractivity contribution in [3.63, 3.8) is 0 Å². The highest BCUT2D eigenvalue weighted by molar-refractivity contribution is 5.74. The maximum atomic E-state index is 12.1. The van der Waals surface area contributed by atoms with Gasteiger partial charge in [0.05, 0.1) is 0 Å². The Balaban J connectivity index is 1.51. The number of fused-ring (bicyclic) bond motifs is 2. The Morgan fingerprint density at radius 1 is 1.00 bits per heavy atom. The second-order valence-corrected chi connectivity index (χ2v) is 6.66. The van der Waals surface area contributed by atoms with Gasteiger partial charge < -0.3 is 15.7 Å². The molecule has 2 bridgehead atoms. The SMILES string of the molecule is O=C(NC1CCCCC1)NC1C2CCC(C2)C1CO. The fraction of sp³-hybridized carbons (Fsp3) is 0.933. The van der Waals surface area contributed by atoms with Crippen molar-refractivity contribution in [3.05, 3.63) is 0 Å². The number of carbonyl (C=O) groups is 1. The fourth-order valence-electron chi connectivity index (χ4n) is 4.52. The van der Waals surface area contributed by atoms with Crippen molar-refractivity contribution >= 4 is 6.03 Å². The number of nitrogens with one attached hydrogen (secondary N) is 2. The van der Waals surface area contributed by atoms with Crippen LogP contribution in [0.25, 0.3) is 0 Å². The lowest BCUT2D eigenvalue weighted by molar-refractivity contribution is 0.143. The monoisotopic (exact) mass is 266 g/mol. The summed E-state index contributed by atoms with van der Waals surface area (Å²) in [5.74, 6) is 1.52. The van der Waals surface area contributed by atoms with Crippen LogP contribution >= 0.6 is 0 Å². The number of aliphatic hydroxyl groups excluding tert-OH is 1. The standard InChI is InChI=1S/C15H26N2O2/c18-9-13-10-6-7-11(8-10)14(13)17-15(19)16-12-4-2-1-3-5-12/h10-14,18H,1-9H2,(H2,16,17,19). The van der Waals surface area contributed by atoms with Gasteiger partial charge in [0.25, 0.3) is 0 Å². The van der Waals surface area contributed by atoms with Crippen molar-refractivity contribution in [2.45, 2.75) is 63.5 Å². The van der Waals surface area contributed by atoms with Gasteiger partial charge in [0, 0.05) is 24.6 Å². The van der Waals surface area contributed by atoms with Crippen LogP contribution in [0.2, 0.25) is 0 Å². The molecular weight excluding hydrogens is 240 g/mol. The van der Waals surface area contributed by atoms with E-state index < -0.39 is 0 Å². The van der Waals surface area contributed by atoms with Crippen LogP contribution in [0.1, 0.15) is 51.4 Å². The predicted octanol–water partition coefficient (Wildman–Crippen LogP) is 2.03. The number of urea groups is 1. The molecule has 0 aromatic rings. The maximum Gasteiger partial charge on any atom is 0.315 e. The first-order valence-corrected chi connectivity index (χ1v) is 7.96. The first-order valence-electron chi connectivity index (χ1n) is 7.96. The Kier molecular flexibility index (Phi) is 3.96. The maximum absolute atomic E-state index is 12.1. The Labute approximate surface area is 115 Å². The number of amides is 2. The van der Waals surface area contributed by atoms with E-state index in [0.29, 0.717) is 17.9 Å². The lowest BCUT2D eigenvalue weighted by atomic mass is 9.85. The quantitative estimate of drug-likeness (QED) is 0.732. The molecule has 19 heavy (non-hydrogen) atoms. The minimum Gasteiger partial charge on any atom is -0.396 e. The molecule has 0 radical (unpaired) electrons. The van der Waals surface area contributed by atoms with E-state index >= 15 is 0 Å². The average Bonchev–Trinajstić information content (AvgIpc) is 3.00. The van der Waals surface area contributed by atoms with E-state index in [1.54, 1.807) is 0 Å². The molecule has 4 nitrogen and oxygen atoms in total. The lowest BCUT2D eigenvalue weighted by Gasteiger charge is -2.31. The molecule has 0 spiro atoms. The van der Waals surface area contributed by atoms with Crippen LogP contribution in [0.4, 0.5) is 4.79 Å². The van der Waals surface area contributed by atoms with Crippen molar-refractivity contribution in [2.75, 3.05) is 6.61 Å². The molecule has 0 saturated heterocycles. The van der Waals surface area contributed by atoms with Crippen LogP contribution in [-0.2, 0) is 0 Å². The van der Waals surface area contributed by atoms with Crippen molar-refractivity contribution in [1.29, 1.82) is 0 Å². The second-order valence-electron chi connectivity index (χ2n) is 6.66. The molecule has 4 unspecified atom stereocenters. The molecule has 3 fully saturated rings. The summed E-state index contributed by atoms with van der Waals surface area (Å²) in [5.41, 5.74) is 0. The molecule has 0 aromatic heterocycles. The van der Waals surface area contributed by atoms with E-state index in [9.17, 15) is 9.90 Å². The van der Waals surface area contributed by atoms with Crippen molar-refractivity contribution in [1.82, 2.24) is 10.6 Å². The zero-order valence-electron chi connectivity index (χ0n) is 11.6. The molecule has 3 aliphatic rings. The van der Waals surface area contributed by atoms with Gasteiger partial charge in [-0.25, -0.2) is 4.79 Å². The molecule has 0 heterocycles. The number of carbonyl (C=O) groups excluding carboxylic acids is 1. The molecule has 4 heteroatoms. The molecule has 3 saturated carbocycles. The Hall–Kier alpha value is -0.770. The van der Waals surface area contributed by atoms with E-state index in [2.05, 4.69) is 10.6 Å². The summed E-state index contributed by atoms with van der Waals surface area (Å²) < 4.78 is 0. The van der Waals surface area contributed by atoms with Crippen molar-refractivity contribution in [2.24, 2.45) is 17.8 Å². The van der Waals surface area contributed by atoms with Gasteiger partial charge in [0.1, 0.15) is 0 Å². The summed E-state index contributed by atoms with van der Waals surface area (Å²) in [6.45, 7) is 0.218. The smallest absolute Gasteiger partial charge is 0.315 e. The van der Waals surface area contributed by atoms with Crippen LogP contribution in [-0.4, -0.2) is 29.8 Å². The number of hydrogen-bond donors (Lipinski definition) is 3. The minimum absolute atomic E-state index is 0.0112. The summed E-state index contributed by atoms with van der Waals surface area (Å²) in [6.07, 6.45) is 9.66. The average molecular weight is 266 g/mol. The number of hydrogen-bond acceptors (Lipinski definition) is 2. The highest BCUT2D eigenvalue weighted by Gasteiger charge is 2.47. The Morgan fingerprint density at radius 2 is 1.74 bits per heavy atom. The third-order valence-electron chi connectivity index (χ3n) is 5.54. The van der Waals surface area contributed by atoms with E-state index in [0.717, 1.165) is 12.8 Å². The van der Waals surface area contributed by atoms with E-state index in [1.807, 2.05) is 0 Å². The minimum atomic E-state index is -0.0112. The van der Waals surface area contributed by atoms with Crippen LogP contribution in [0.5, 0.6) is 0 Å². The predicted molar refractivity (Wildman–Crippen MR) is 73.7 cm³/mol. The molecule has 4 atom stereocenters. The molecule has 0 aliphatic heterocycles. The first kappa shape index (κ1) is 13.2. The lowest BCUT2D eigenvalue weighted by Crippen LogP contribution is -2.51. The van der Waals surface area contributed by atoms with Gasteiger partial charge in [-0.3, -0.25) is 0 Å². The third kappa shape index (κ3) is 2.73. The summed E-state index contributed by atoms with van der Waals surface area (Å²) in [6, 6.07) is 0.551. The van der Waals surface area contributed by atoms with Gasteiger partial charge in [-0.05, 0) is 43.9 Å². The summed E-state index contributed by atoms with van der Waals surface area (Å²) in [4.78, 5) is 12.1. The first-order chi connectivity index (χ1) is 9.28. The zero-order valence-corrected chi connectivity index (χ0v) is 11.6. The highest BCUT2D eigenvalue weighted by Crippen LogP contribution is 2.48. The number of rotatable bonds is 3. The second kappa shape index (κ2) is 5.70. The van der Waals surface area contributed by atoms with E-state index in [-0.39, 0.29) is 24.6 Å².